The zero-order valence-corrected chi connectivity index (χ0v) is 16.7. The van der Waals surface area contributed by atoms with Gasteiger partial charge in [-0.1, -0.05) is 65.7 Å². The molecule has 0 saturated carbocycles. The third-order valence-electron chi connectivity index (χ3n) is 4.83. The molecule has 0 bridgehead atoms. The molecule has 3 aromatic carbocycles. The lowest BCUT2D eigenvalue weighted by Gasteiger charge is -2.11. The highest BCUT2D eigenvalue weighted by molar-refractivity contribution is 6.32. The first-order valence-electron chi connectivity index (χ1n) is 9.62. The normalized spacial score (nSPS) is 11.1. The van der Waals surface area contributed by atoms with Crippen LogP contribution in [0.1, 0.15) is 18.4 Å². The molecule has 0 aliphatic carbocycles. The molecule has 0 aliphatic rings. The Balaban J connectivity index is 1.47. The highest BCUT2D eigenvalue weighted by Crippen LogP contribution is 2.26. The predicted molar refractivity (Wildman–Crippen MR) is 116 cm³/mol. The molecule has 1 aromatic heterocycles. The summed E-state index contributed by atoms with van der Waals surface area (Å²) in [5.41, 5.74) is 4.60. The van der Waals surface area contributed by atoms with E-state index in [1.54, 1.807) is 0 Å². The fourth-order valence-electron chi connectivity index (χ4n) is 3.34. The first-order chi connectivity index (χ1) is 13.7. The first-order valence-corrected chi connectivity index (χ1v) is 10.00. The van der Waals surface area contributed by atoms with Gasteiger partial charge in [0.05, 0.1) is 22.7 Å². The second kappa shape index (κ2) is 8.49. The monoisotopic (exact) mass is 390 g/mol. The molecule has 3 nitrogen and oxygen atoms in total. The van der Waals surface area contributed by atoms with Gasteiger partial charge in [-0.05, 0) is 44.0 Å². The van der Waals surface area contributed by atoms with Crippen molar-refractivity contribution in [2.45, 2.75) is 26.3 Å². The van der Waals surface area contributed by atoms with Gasteiger partial charge in [0.15, 0.2) is 0 Å². The summed E-state index contributed by atoms with van der Waals surface area (Å²) in [6, 6.07) is 24.5. The summed E-state index contributed by atoms with van der Waals surface area (Å²) in [6.45, 7) is 3.65. The number of ether oxygens (including phenoxy) is 1. The van der Waals surface area contributed by atoms with E-state index in [4.69, 9.17) is 21.3 Å². The van der Waals surface area contributed by atoms with Crippen LogP contribution in [0.25, 0.3) is 22.4 Å². The Morgan fingerprint density at radius 2 is 1.64 bits per heavy atom. The van der Waals surface area contributed by atoms with Gasteiger partial charge < -0.3 is 9.30 Å². The number of imidazole rings is 1. The highest BCUT2D eigenvalue weighted by atomic mass is 35.5. The van der Waals surface area contributed by atoms with Crippen molar-refractivity contribution in [3.8, 4) is 17.1 Å². The SMILES string of the molecule is Cc1ccc(-c2nc3ccccc3n2CCCCOc2ccccc2Cl)cc1. The van der Waals surface area contributed by atoms with Crippen LogP contribution >= 0.6 is 11.6 Å². The summed E-state index contributed by atoms with van der Waals surface area (Å²) in [6.07, 6.45) is 1.95. The number of hydrogen-bond donors (Lipinski definition) is 0. The Kier molecular flexibility index (Phi) is 5.63. The summed E-state index contributed by atoms with van der Waals surface area (Å²) < 4.78 is 8.13. The molecule has 0 amide bonds. The molecule has 4 rings (SSSR count). The molecule has 0 spiro atoms. The fourth-order valence-corrected chi connectivity index (χ4v) is 3.53. The molecule has 0 atom stereocenters. The maximum absolute atomic E-state index is 6.15. The molecule has 1 heterocycles. The second-order valence-corrected chi connectivity index (χ2v) is 7.33. The average molecular weight is 391 g/mol. The van der Waals surface area contributed by atoms with Gasteiger partial charge in [0.1, 0.15) is 11.6 Å². The van der Waals surface area contributed by atoms with E-state index in [0.29, 0.717) is 11.6 Å². The van der Waals surface area contributed by atoms with Crippen LogP contribution in [-0.4, -0.2) is 16.2 Å². The number of unbranched alkanes of at least 4 members (excludes halogenated alkanes) is 1. The van der Waals surface area contributed by atoms with Crippen molar-refractivity contribution in [2.75, 3.05) is 6.61 Å². The molecule has 0 unspecified atom stereocenters. The van der Waals surface area contributed by atoms with Gasteiger partial charge in [-0.15, -0.1) is 0 Å². The van der Waals surface area contributed by atoms with Crippen LogP contribution in [0, 0.1) is 6.92 Å². The van der Waals surface area contributed by atoms with E-state index in [9.17, 15) is 0 Å². The van der Waals surface area contributed by atoms with Crippen LogP contribution in [0.2, 0.25) is 5.02 Å². The van der Waals surface area contributed by atoms with Crippen molar-refractivity contribution in [3.05, 3.63) is 83.4 Å². The number of aromatic nitrogens is 2. The average Bonchev–Trinajstić information content (AvgIpc) is 3.08. The Hall–Kier alpha value is -2.78. The minimum atomic E-state index is 0.649. The molecule has 28 heavy (non-hydrogen) atoms. The van der Waals surface area contributed by atoms with Crippen LogP contribution in [0.15, 0.2) is 72.8 Å². The van der Waals surface area contributed by atoms with E-state index in [2.05, 4.69) is 54.0 Å². The molecular formula is C24H23ClN2O. The zero-order valence-electron chi connectivity index (χ0n) is 15.9. The Morgan fingerprint density at radius 1 is 0.893 bits per heavy atom. The topological polar surface area (TPSA) is 27.1 Å². The molecule has 0 aliphatic heterocycles. The zero-order chi connectivity index (χ0) is 19.3. The number of halogens is 1. The first kappa shape index (κ1) is 18.6. The molecule has 0 saturated heterocycles. The van der Waals surface area contributed by atoms with Crippen molar-refractivity contribution in [2.24, 2.45) is 0 Å². The van der Waals surface area contributed by atoms with E-state index >= 15 is 0 Å². The number of rotatable bonds is 7. The predicted octanol–water partition coefficient (Wildman–Crippen LogP) is 6.52. The fraction of sp³-hybridized carbons (Fsp3) is 0.208. The van der Waals surface area contributed by atoms with Crippen LogP contribution in [0.5, 0.6) is 5.75 Å². The Labute approximate surface area is 170 Å². The van der Waals surface area contributed by atoms with E-state index < -0.39 is 0 Å². The third kappa shape index (κ3) is 4.05. The van der Waals surface area contributed by atoms with Gasteiger partial charge in [-0.2, -0.15) is 0 Å². The van der Waals surface area contributed by atoms with E-state index in [1.165, 1.54) is 11.1 Å². The molecule has 0 fully saturated rings. The molecule has 0 radical (unpaired) electrons. The van der Waals surface area contributed by atoms with Gasteiger partial charge in [0, 0.05) is 12.1 Å². The summed E-state index contributed by atoms with van der Waals surface area (Å²) in [4.78, 5) is 4.88. The van der Waals surface area contributed by atoms with Gasteiger partial charge in [-0.3, -0.25) is 0 Å². The van der Waals surface area contributed by atoms with E-state index in [1.807, 2.05) is 30.3 Å². The lowest BCUT2D eigenvalue weighted by molar-refractivity contribution is 0.304. The Bertz CT molecular complexity index is 1070. The lowest BCUT2D eigenvalue weighted by atomic mass is 10.1. The largest absolute Gasteiger partial charge is 0.492 e. The number of benzene rings is 3. The Morgan fingerprint density at radius 3 is 2.46 bits per heavy atom. The van der Waals surface area contributed by atoms with E-state index in [0.717, 1.165) is 42.0 Å². The maximum Gasteiger partial charge on any atom is 0.141 e. The number of hydrogen-bond acceptors (Lipinski definition) is 2. The minimum Gasteiger partial charge on any atom is -0.492 e. The van der Waals surface area contributed by atoms with Gasteiger partial charge in [-0.25, -0.2) is 4.98 Å². The van der Waals surface area contributed by atoms with Crippen molar-refractivity contribution in [1.29, 1.82) is 0 Å². The summed E-state index contributed by atoms with van der Waals surface area (Å²) in [7, 11) is 0. The van der Waals surface area contributed by atoms with Crippen molar-refractivity contribution < 1.29 is 4.74 Å². The molecule has 142 valence electrons. The van der Waals surface area contributed by atoms with Crippen molar-refractivity contribution in [1.82, 2.24) is 9.55 Å². The van der Waals surface area contributed by atoms with Crippen molar-refractivity contribution >= 4 is 22.6 Å². The summed E-state index contributed by atoms with van der Waals surface area (Å²) in [5, 5.41) is 0.657. The highest BCUT2D eigenvalue weighted by Gasteiger charge is 2.12. The van der Waals surface area contributed by atoms with E-state index in [-0.39, 0.29) is 0 Å². The number of fused-ring (bicyclic) bond motifs is 1. The van der Waals surface area contributed by atoms with Gasteiger partial charge >= 0.3 is 0 Å². The molecular weight excluding hydrogens is 368 g/mol. The van der Waals surface area contributed by atoms with Crippen LogP contribution in [0.4, 0.5) is 0 Å². The summed E-state index contributed by atoms with van der Waals surface area (Å²) in [5.74, 6) is 1.77. The third-order valence-corrected chi connectivity index (χ3v) is 5.15. The number of aryl methyl sites for hydroxylation is 2. The minimum absolute atomic E-state index is 0.649. The molecule has 4 aromatic rings. The smallest absolute Gasteiger partial charge is 0.141 e. The second-order valence-electron chi connectivity index (χ2n) is 6.93. The lowest BCUT2D eigenvalue weighted by Crippen LogP contribution is -2.04. The van der Waals surface area contributed by atoms with Crippen LogP contribution in [-0.2, 0) is 6.54 Å². The number of para-hydroxylation sites is 3. The molecule has 4 heteroatoms. The van der Waals surface area contributed by atoms with Crippen molar-refractivity contribution in [3.63, 3.8) is 0 Å². The standard InChI is InChI=1S/C24H23ClN2O/c1-18-12-14-19(15-13-18)24-26-21-9-3-4-10-22(21)27(24)16-6-7-17-28-23-11-5-2-8-20(23)25/h2-5,8-15H,6-7,16-17H2,1H3. The van der Waals surface area contributed by atoms with Crippen LogP contribution < -0.4 is 4.74 Å². The quantitative estimate of drug-likeness (QED) is 0.335. The number of nitrogens with zero attached hydrogens (tertiary/aromatic N) is 2. The van der Waals surface area contributed by atoms with Crippen LogP contribution in [0.3, 0.4) is 0 Å². The maximum atomic E-state index is 6.15. The summed E-state index contributed by atoms with van der Waals surface area (Å²) >= 11 is 6.15. The van der Waals surface area contributed by atoms with Gasteiger partial charge in [0.2, 0.25) is 0 Å². The molecule has 0 N–H and O–H groups in total. The van der Waals surface area contributed by atoms with Gasteiger partial charge in [0.25, 0.3) is 0 Å².